The molecule has 2 aromatic rings. The van der Waals surface area contributed by atoms with E-state index in [1.165, 1.54) is 0 Å². The molecule has 0 aliphatic heterocycles. The molecule has 30 heavy (non-hydrogen) atoms. The zero-order valence-electron chi connectivity index (χ0n) is 18.3. The number of methoxy groups -OCH3 is 1. The highest BCUT2D eigenvalue weighted by Crippen LogP contribution is 2.33. The Hall–Kier alpha value is -2.54. The van der Waals surface area contributed by atoms with Crippen LogP contribution in [0.25, 0.3) is 0 Å². The van der Waals surface area contributed by atoms with Crippen molar-refractivity contribution in [2.45, 2.75) is 46.1 Å². The first-order valence-corrected chi connectivity index (χ1v) is 10.5. The Morgan fingerprint density at radius 1 is 1.13 bits per heavy atom. The van der Waals surface area contributed by atoms with Gasteiger partial charge in [-0.1, -0.05) is 36.7 Å². The van der Waals surface area contributed by atoms with Gasteiger partial charge in [-0.05, 0) is 61.2 Å². The van der Waals surface area contributed by atoms with E-state index in [-0.39, 0.29) is 24.0 Å². The maximum atomic E-state index is 12.1. The van der Waals surface area contributed by atoms with Gasteiger partial charge in [-0.2, -0.15) is 5.10 Å². The third-order valence-corrected chi connectivity index (χ3v) is 4.55. The molecule has 0 unspecified atom stereocenters. The van der Waals surface area contributed by atoms with Gasteiger partial charge >= 0.3 is 0 Å². The molecule has 162 valence electrons. The van der Waals surface area contributed by atoms with Gasteiger partial charge in [-0.25, -0.2) is 5.43 Å². The van der Waals surface area contributed by atoms with E-state index in [0.717, 1.165) is 15.6 Å². The average Bonchev–Trinajstić information content (AvgIpc) is 2.67. The van der Waals surface area contributed by atoms with Crippen LogP contribution in [-0.4, -0.2) is 31.9 Å². The minimum atomic E-state index is -0.347. The van der Waals surface area contributed by atoms with E-state index in [1.807, 2.05) is 44.2 Å². The first-order valence-electron chi connectivity index (χ1n) is 9.69. The number of hydrogen-bond acceptors (Lipinski definition) is 5. The minimum Gasteiger partial charge on any atom is -0.493 e. The molecule has 2 aromatic carbocycles. The van der Waals surface area contributed by atoms with Gasteiger partial charge in [0, 0.05) is 10.0 Å². The topological polar surface area (TPSA) is 69.2 Å². The summed E-state index contributed by atoms with van der Waals surface area (Å²) in [7, 11) is 1.58. The first-order chi connectivity index (χ1) is 14.1. The molecule has 0 saturated carbocycles. The van der Waals surface area contributed by atoms with Crippen molar-refractivity contribution in [1.82, 2.24) is 5.43 Å². The Morgan fingerprint density at radius 3 is 2.47 bits per heavy atom. The molecule has 0 spiro atoms. The van der Waals surface area contributed by atoms with Crippen LogP contribution >= 0.6 is 15.9 Å². The van der Waals surface area contributed by atoms with Crippen LogP contribution in [0, 0.1) is 0 Å². The van der Waals surface area contributed by atoms with Crippen molar-refractivity contribution in [2.24, 2.45) is 5.10 Å². The standard InChI is InChI=1S/C23H29BrN2O4/c1-15(2)30-20-9-7-16(11-21(20)28-6)13-25-26-22(27)14-29-19-10-8-17(24)12-18(19)23(3,4)5/h7-13,15H,14H2,1-6H3,(H,26,27)/b25-13+. The molecule has 1 amide bonds. The van der Waals surface area contributed by atoms with Gasteiger partial charge in [0.15, 0.2) is 18.1 Å². The highest BCUT2D eigenvalue weighted by atomic mass is 79.9. The molecule has 0 heterocycles. The van der Waals surface area contributed by atoms with Gasteiger partial charge in [0.05, 0.1) is 19.4 Å². The third kappa shape index (κ3) is 7.06. The van der Waals surface area contributed by atoms with Crippen LogP contribution in [0.1, 0.15) is 45.7 Å². The van der Waals surface area contributed by atoms with Crippen molar-refractivity contribution in [3.8, 4) is 17.2 Å². The molecular weight excluding hydrogens is 448 g/mol. The van der Waals surface area contributed by atoms with Crippen LogP contribution in [0.5, 0.6) is 17.2 Å². The van der Waals surface area contributed by atoms with Crippen molar-refractivity contribution in [3.05, 3.63) is 52.0 Å². The summed E-state index contributed by atoms with van der Waals surface area (Å²) in [6.07, 6.45) is 1.59. The quantitative estimate of drug-likeness (QED) is 0.426. The van der Waals surface area contributed by atoms with Gasteiger partial charge in [0.25, 0.3) is 5.91 Å². The van der Waals surface area contributed by atoms with E-state index in [2.05, 4.69) is 47.2 Å². The Balaban J connectivity index is 1.96. The molecule has 7 heteroatoms. The summed E-state index contributed by atoms with van der Waals surface area (Å²) < 4.78 is 17.7. The number of carbonyl (C=O) groups is 1. The molecular formula is C23H29BrN2O4. The number of benzene rings is 2. The number of nitrogens with zero attached hydrogens (tertiary/aromatic N) is 1. The van der Waals surface area contributed by atoms with Crippen LogP contribution in [0.2, 0.25) is 0 Å². The van der Waals surface area contributed by atoms with Gasteiger partial charge in [-0.3, -0.25) is 4.79 Å². The summed E-state index contributed by atoms with van der Waals surface area (Å²) in [4.78, 5) is 12.1. The van der Waals surface area contributed by atoms with Crippen molar-refractivity contribution < 1.29 is 19.0 Å². The SMILES string of the molecule is COc1cc(/C=N/NC(=O)COc2ccc(Br)cc2C(C)(C)C)ccc1OC(C)C. The Kier molecular flexibility index (Phi) is 8.29. The van der Waals surface area contributed by atoms with Gasteiger partial charge in [0.2, 0.25) is 0 Å². The molecule has 0 aliphatic rings. The first kappa shape index (κ1) is 23.7. The maximum absolute atomic E-state index is 12.1. The summed E-state index contributed by atoms with van der Waals surface area (Å²) in [5.74, 6) is 1.59. The van der Waals surface area contributed by atoms with Crippen LogP contribution in [0.4, 0.5) is 0 Å². The minimum absolute atomic E-state index is 0.0437. The molecule has 2 rings (SSSR count). The largest absolute Gasteiger partial charge is 0.493 e. The Bertz CT molecular complexity index is 905. The summed E-state index contributed by atoms with van der Waals surface area (Å²) in [5.41, 5.74) is 4.15. The summed E-state index contributed by atoms with van der Waals surface area (Å²) >= 11 is 3.48. The van der Waals surface area contributed by atoms with Crippen molar-refractivity contribution in [3.63, 3.8) is 0 Å². The van der Waals surface area contributed by atoms with Crippen LogP contribution in [0.3, 0.4) is 0 Å². The van der Waals surface area contributed by atoms with Gasteiger partial charge < -0.3 is 14.2 Å². The second-order valence-corrected chi connectivity index (χ2v) is 8.96. The maximum Gasteiger partial charge on any atom is 0.277 e. The van der Waals surface area contributed by atoms with Crippen LogP contribution in [0.15, 0.2) is 46.0 Å². The zero-order valence-corrected chi connectivity index (χ0v) is 19.9. The fourth-order valence-electron chi connectivity index (χ4n) is 2.68. The number of rotatable bonds is 8. The number of nitrogens with one attached hydrogen (secondary N) is 1. The van der Waals surface area contributed by atoms with Crippen LogP contribution in [-0.2, 0) is 10.2 Å². The second-order valence-electron chi connectivity index (χ2n) is 8.05. The average molecular weight is 477 g/mol. The molecule has 0 saturated heterocycles. The van der Waals surface area contributed by atoms with E-state index in [9.17, 15) is 4.79 Å². The summed E-state index contributed by atoms with van der Waals surface area (Å²) in [6.45, 7) is 10.1. The molecule has 0 fully saturated rings. The number of hydrazone groups is 1. The lowest BCUT2D eigenvalue weighted by molar-refractivity contribution is -0.123. The zero-order chi connectivity index (χ0) is 22.3. The monoisotopic (exact) mass is 476 g/mol. The lowest BCUT2D eigenvalue weighted by atomic mass is 9.86. The van der Waals surface area contributed by atoms with Crippen molar-refractivity contribution >= 4 is 28.1 Å². The number of hydrogen-bond donors (Lipinski definition) is 1. The molecule has 0 radical (unpaired) electrons. The van der Waals surface area contributed by atoms with Gasteiger partial charge in [-0.15, -0.1) is 0 Å². The fourth-order valence-corrected chi connectivity index (χ4v) is 3.05. The van der Waals surface area contributed by atoms with E-state index >= 15 is 0 Å². The smallest absolute Gasteiger partial charge is 0.277 e. The number of ether oxygens (including phenoxy) is 3. The van der Waals surface area contributed by atoms with Crippen molar-refractivity contribution in [2.75, 3.05) is 13.7 Å². The predicted octanol–water partition coefficient (Wildman–Crippen LogP) is 5.07. The molecule has 0 bridgehead atoms. The second kappa shape index (κ2) is 10.5. The number of amides is 1. The summed E-state index contributed by atoms with van der Waals surface area (Å²) in [6, 6.07) is 11.2. The lowest BCUT2D eigenvalue weighted by Gasteiger charge is -2.23. The predicted molar refractivity (Wildman–Crippen MR) is 123 cm³/mol. The van der Waals surface area contributed by atoms with Crippen molar-refractivity contribution in [1.29, 1.82) is 0 Å². The van der Waals surface area contributed by atoms with E-state index in [1.54, 1.807) is 19.4 Å². The van der Waals surface area contributed by atoms with E-state index in [4.69, 9.17) is 14.2 Å². The fraction of sp³-hybridized carbons (Fsp3) is 0.391. The normalized spacial score (nSPS) is 11.6. The van der Waals surface area contributed by atoms with E-state index in [0.29, 0.717) is 17.2 Å². The lowest BCUT2D eigenvalue weighted by Crippen LogP contribution is -2.25. The van der Waals surface area contributed by atoms with Crippen LogP contribution < -0.4 is 19.6 Å². The molecule has 6 nitrogen and oxygen atoms in total. The van der Waals surface area contributed by atoms with Gasteiger partial charge in [0.1, 0.15) is 5.75 Å². The highest BCUT2D eigenvalue weighted by molar-refractivity contribution is 9.10. The number of halogens is 1. The Labute approximate surface area is 186 Å². The summed E-state index contributed by atoms with van der Waals surface area (Å²) in [5, 5.41) is 4.00. The number of carbonyl (C=O) groups excluding carboxylic acids is 1. The molecule has 0 aromatic heterocycles. The van der Waals surface area contributed by atoms with E-state index < -0.39 is 0 Å². The third-order valence-electron chi connectivity index (χ3n) is 4.06. The molecule has 0 aliphatic carbocycles. The molecule has 0 atom stereocenters. The highest BCUT2D eigenvalue weighted by Gasteiger charge is 2.20. The molecule has 1 N–H and O–H groups in total. The Morgan fingerprint density at radius 2 is 1.83 bits per heavy atom.